The smallest absolute Gasteiger partial charge is 0.324 e. The molecule has 3 atom stereocenters. The minimum atomic E-state index is -0.953. The number of aliphatic carboxylic acids is 1. The molecular weight excluding hydrogens is 264 g/mol. The lowest BCUT2D eigenvalue weighted by Gasteiger charge is -2.26. The van der Waals surface area contributed by atoms with Crippen molar-refractivity contribution in [3.8, 4) is 0 Å². The van der Waals surface area contributed by atoms with Crippen molar-refractivity contribution in [3.63, 3.8) is 0 Å². The van der Waals surface area contributed by atoms with Crippen LogP contribution in [0.3, 0.4) is 0 Å². The summed E-state index contributed by atoms with van der Waals surface area (Å²) in [6, 6.07) is -0.515. The van der Waals surface area contributed by atoms with Crippen molar-refractivity contribution in [3.05, 3.63) is 0 Å². The number of nitrogens with zero attached hydrogens (tertiary/aromatic N) is 1. The summed E-state index contributed by atoms with van der Waals surface area (Å²) in [7, 11) is 1.62. The molecule has 2 N–H and O–H groups in total. The van der Waals surface area contributed by atoms with Crippen LogP contribution >= 0.6 is 0 Å². The molecule has 114 valence electrons. The molecule has 0 radical (unpaired) electrons. The van der Waals surface area contributed by atoms with Crippen molar-refractivity contribution in [1.82, 2.24) is 10.2 Å². The number of carbonyl (C=O) groups is 3. The highest BCUT2D eigenvalue weighted by Gasteiger charge is 2.31. The molecule has 3 amide bonds. The van der Waals surface area contributed by atoms with E-state index in [4.69, 9.17) is 9.84 Å². The Labute approximate surface area is 118 Å². The highest BCUT2D eigenvalue weighted by Crippen LogP contribution is 2.18. The minimum absolute atomic E-state index is 0.0165. The number of hydrogen-bond donors (Lipinski definition) is 2. The Bertz CT molecular complexity index is 385. The lowest BCUT2D eigenvalue weighted by atomic mass is 10.0. The number of imide groups is 1. The number of carboxylic acid groups (broad SMARTS) is 1. The molecule has 0 spiro atoms. The van der Waals surface area contributed by atoms with Crippen LogP contribution in [0.5, 0.6) is 0 Å². The number of rotatable bonds is 5. The summed E-state index contributed by atoms with van der Waals surface area (Å²) in [4.78, 5) is 35.6. The Morgan fingerprint density at radius 2 is 2.05 bits per heavy atom. The first-order chi connectivity index (χ1) is 9.31. The first-order valence-electron chi connectivity index (χ1n) is 6.71. The van der Waals surface area contributed by atoms with E-state index in [1.165, 1.54) is 4.90 Å². The van der Waals surface area contributed by atoms with Crippen LogP contribution in [-0.4, -0.2) is 53.7 Å². The summed E-state index contributed by atoms with van der Waals surface area (Å²) in [5, 5.41) is 10.9. The Kier molecular flexibility index (Phi) is 5.94. The van der Waals surface area contributed by atoms with Crippen molar-refractivity contribution in [1.29, 1.82) is 0 Å². The quantitative estimate of drug-likeness (QED) is 0.780. The molecule has 0 aromatic rings. The first-order valence-corrected chi connectivity index (χ1v) is 6.71. The largest absolute Gasteiger partial charge is 0.481 e. The van der Waals surface area contributed by atoms with Crippen LogP contribution in [0.15, 0.2) is 0 Å². The minimum Gasteiger partial charge on any atom is -0.481 e. The summed E-state index contributed by atoms with van der Waals surface area (Å²) >= 11 is 0. The molecule has 1 aliphatic rings. The van der Waals surface area contributed by atoms with Crippen LogP contribution in [-0.2, 0) is 14.3 Å². The van der Waals surface area contributed by atoms with E-state index in [-0.39, 0.29) is 30.9 Å². The first kappa shape index (κ1) is 16.4. The van der Waals surface area contributed by atoms with E-state index in [2.05, 4.69) is 5.32 Å². The summed E-state index contributed by atoms with van der Waals surface area (Å²) in [6.07, 6.45) is 0.620. The molecule has 1 rings (SSSR count). The molecule has 0 aromatic heterocycles. The van der Waals surface area contributed by atoms with Crippen LogP contribution in [0, 0.1) is 5.92 Å². The van der Waals surface area contributed by atoms with Gasteiger partial charge in [0.15, 0.2) is 0 Å². The number of carbonyl (C=O) groups excluding carboxylic acids is 2. The lowest BCUT2D eigenvalue weighted by molar-refractivity contribution is -0.138. The topological polar surface area (TPSA) is 95.9 Å². The predicted molar refractivity (Wildman–Crippen MR) is 71.2 cm³/mol. The average Bonchev–Trinajstić information content (AvgIpc) is 2.72. The van der Waals surface area contributed by atoms with Gasteiger partial charge in [0.1, 0.15) is 0 Å². The van der Waals surface area contributed by atoms with E-state index < -0.39 is 17.9 Å². The summed E-state index contributed by atoms with van der Waals surface area (Å²) < 4.78 is 5.38. The SMILES string of the molecule is CC(CC(=O)O)CC(=O)NC(=O)N(C)C1CCOC1C. The third-order valence-electron chi connectivity index (χ3n) is 3.46. The second-order valence-electron chi connectivity index (χ2n) is 5.30. The van der Waals surface area contributed by atoms with Gasteiger partial charge in [-0.05, 0) is 19.3 Å². The molecule has 3 unspecified atom stereocenters. The molecule has 7 heteroatoms. The van der Waals surface area contributed by atoms with Crippen LogP contribution in [0.1, 0.15) is 33.1 Å². The van der Waals surface area contributed by atoms with Crippen LogP contribution in [0.4, 0.5) is 4.79 Å². The van der Waals surface area contributed by atoms with Gasteiger partial charge in [0.05, 0.1) is 12.1 Å². The van der Waals surface area contributed by atoms with Gasteiger partial charge in [0.2, 0.25) is 5.91 Å². The zero-order chi connectivity index (χ0) is 15.3. The number of nitrogens with one attached hydrogen (secondary N) is 1. The van der Waals surface area contributed by atoms with Crippen LogP contribution in [0.2, 0.25) is 0 Å². The fourth-order valence-corrected chi connectivity index (χ4v) is 2.32. The maximum Gasteiger partial charge on any atom is 0.324 e. The van der Waals surface area contributed by atoms with E-state index in [9.17, 15) is 14.4 Å². The molecule has 1 saturated heterocycles. The molecule has 1 heterocycles. The fourth-order valence-electron chi connectivity index (χ4n) is 2.32. The predicted octanol–water partition coefficient (Wildman–Crippen LogP) is 0.833. The van der Waals surface area contributed by atoms with Gasteiger partial charge < -0.3 is 14.7 Å². The molecule has 0 bridgehead atoms. The number of amides is 3. The van der Waals surface area contributed by atoms with Gasteiger partial charge in [-0.1, -0.05) is 6.92 Å². The van der Waals surface area contributed by atoms with Crippen LogP contribution in [0.25, 0.3) is 0 Å². The van der Waals surface area contributed by atoms with E-state index in [0.717, 1.165) is 6.42 Å². The van der Waals surface area contributed by atoms with Gasteiger partial charge in [0.25, 0.3) is 0 Å². The summed E-state index contributed by atoms with van der Waals surface area (Å²) in [6.45, 7) is 4.15. The number of hydrogen-bond acceptors (Lipinski definition) is 4. The lowest BCUT2D eigenvalue weighted by Crippen LogP contribution is -2.48. The van der Waals surface area contributed by atoms with Gasteiger partial charge in [-0.2, -0.15) is 0 Å². The van der Waals surface area contributed by atoms with E-state index in [1.807, 2.05) is 6.92 Å². The molecule has 0 aromatic carbocycles. The monoisotopic (exact) mass is 286 g/mol. The third kappa shape index (κ3) is 4.80. The highest BCUT2D eigenvalue weighted by atomic mass is 16.5. The van der Waals surface area contributed by atoms with Crippen molar-refractivity contribution in [2.24, 2.45) is 5.92 Å². The second-order valence-corrected chi connectivity index (χ2v) is 5.30. The molecule has 1 aliphatic heterocycles. The Hall–Kier alpha value is -1.63. The van der Waals surface area contributed by atoms with E-state index in [0.29, 0.717) is 6.61 Å². The summed E-state index contributed by atoms with van der Waals surface area (Å²) in [5.74, 6) is -1.72. The molecule has 20 heavy (non-hydrogen) atoms. The van der Waals surface area contributed by atoms with Gasteiger partial charge in [0, 0.05) is 26.5 Å². The Balaban J connectivity index is 2.41. The fraction of sp³-hybridized carbons (Fsp3) is 0.769. The molecular formula is C13H22N2O5. The van der Waals surface area contributed by atoms with Crippen molar-refractivity contribution >= 4 is 17.9 Å². The maximum atomic E-state index is 11.9. The number of likely N-dealkylation sites (N-methyl/N-ethyl adjacent to an activating group) is 1. The van der Waals surface area contributed by atoms with Crippen LogP contribution < -0.4 is 5.32 Å². The molecule has 1 fully saturated rings. The van der Waals surface area contributed by atoms with Gasteiger partial charge in [-0.3, -0.25) is 14.9 Å². The number of urea groups is 1. The second kappa shape index (κ2) is 7.23. The maximum absolute atomic E-state index is 11.9. The van der Waals surface area contributed by atoms with Crippen molar-refractivity contribution in [2.75, 3.05) is 13.7 Å². The van der Waals surface area contributed by atoms with E-state index >= 15 is 0 Å². The zero-order valence-corrected chi connectivity index (χ0v) is 12.1. The third-order valence-corrected chi connectivity index (χ3v) is 3.46. The summed E-state index contributed by atoms with van der Waals surface area (Å²) in [5.41, 5.74) is 0. The van der Waals surface area contributed by atoms with Crippen molar-refractivity contribution in [2.45, 2.75) is 45.3 Å². The normalized spacial score (nSPS) is 23.1. The van der Waals surface area contributed by atoms with Gasteiger partial charge in [-0.15, -0.1) is 0 Å². The Morgan fingerprint density at radius 1 is 1.40 bits per heavy atom. The van der Waals surface area contributed by atoms with Gasteiger partial charge >= 0.3 is 12.0 Å². The molecule has 7 nitrogen and oxygen atoms in total. The number of ether oxygens (including phenoxy) is 1. The van der Waals surface area contributed by atoms with E-state index in [1.54, 1.807) is 14.0 Å². The van der Waals surface area contributed by atoms with Crippen molar-refractivity contribution < 1.29 is 24.2 Å². The molecule has 0 saturated carbocycles. The standard InChI is InChI=1S/C13H22N2O5/c1-8(7-12(17)18)6-11(16)14-13(19)15(3)10-4-5-20-9(10)2/h8-10H,4-7H2,1-3H3,(H,17,18)(H,14,16,19). The average molecular weight is 286 g/mol. The zero-order valence-electron chi connectivity index (χ0n) is 12.1. The number of carboxylic acids is 1. The van der Waals surface area contributed by atoms with Gasteiger partial charge in [-0.25, -0.2) is 4.79 Å². The highest BCUT2D eigenvalue weighted by molar-refractivity contribution is 5.94. The molecule has 0 aliphatic carbocycles. The Morgan fingerprint density at radius 3 is 2.55 bits per heavy atom.